The third kappa shape index (κ3) is 3.73. The molecule has 0 fully saturated rings. The second-order valence-corrected chi connectivity index (χ2v) is 8.49. The zero-order chi connectivity index (χ0) is 23.8. The zero-order valence-corrected chi connectivity index (χ0v) is 18.9. The molecule has 2 N–H and O–H groups in total. The lowest BCUT2D eigenvalue weighted by atomic mass is 9.64. The molecule has 1 heterocycles. The summed E-state index contributed by atoms with van der Waals surface area (Å²) in [4.78, 5) is 11.9. The highest BCUT2D eigenvalue weighted by Gasteiger charge is 2.52. The van der Waals surface area contributed by atoms with Crippen molar-refractivity contribution in [1.29, 1.82) is 0 Å². The van der Waals surface area contributed by atoms with E-state index in [1.807, 2.05) is 18.2 Å². The van der Waals surface area contributed by atoms with Crippen molar-refractivity contribution in [2.75, 3.05) is 19.5 Å². The van der Waals surface area contributed by atoms with Crippen molar-refractivity contribution in [3.05, 3.63) is 71.6 Å². The first-order chi connectivity index (χ1) is 15.8. The van der Waals surface area contributed by atoms with Crippen LogP contribution in [0.5, 0.6) is 0 Å². The Morgan fingerprint density at radius 2 is 2.09 bits per heavy atom. The maximum atomic E-state index is 15.5. The smallest absolute Gasteiger partial charge is 0.247 e. The Morgan fingerprint density at radius 1 is 1.33 bits per heavy atom. The number of rotatable bonds is 6. The number of para-hydroxylation sites is 1. The first kappa shape index (κ1) is 22.8. The molecular weight excluding hydrogens is 428 g/mol. The molecule has 0 saturated heterocycles. The van der Waals surface area contributed by atoms with E-state index in [9.17, 15) is 4.79 Å². The van der Waals surface area contributed by atoms with Crippen molar-refractivity contribution in [3.63, 3.8) is 0 Å². The van der Waals surface area contributed by atoms with Gasteiger partial charge < -0.3 is 14.8 Å². The number of hydrogen-bond donors (Lipinski definition) is 2. The van der Waals surface area contributed by atoms with Crippen LogP contribution in [0.4, 0.5) is 14.5 Å². The molecule has 1 aromatic carbocycles. The number of methoxy groups -OCH3 is 2. The molecule has 0 saturated carbocycles. The van der Waals surface area contributed by atoms with Crippen LogP contribution in [0.2, 0.25) is 0 Å². The number of amides is 1. The summed E-state index contributed by atoms with van der Waals surface area (Å²) in [5.41, 5.74) is 2.51. The number of carbonyl (C=O) groups excluding carboxylic acids is 1. The maximum absolute atomic E-state index is 15.5. The summed E-state index contributed by atoms with van der Waals surface area (Å²) in [5.74, 6) is -1.22. The number of fused-ring (bicyclic) bond motifs is 1. The normalized spacial score (nSPS) is 24.6. The van der Waals surface area contributed by atoms with E-state index in [0.29, 0.717) is 24.9 Å². The first-order valence-electron chi connectivity index (χ1n) is 10.8. The number of aromatic amines is 1. The lowest BCUT2D eigenvalue weighted by Crippen LogP contribution is -2.44. The number of hydrogen-bond acceptors (Lipinski definition) is 4. The van der Waals surface area contributed by atoms with Gasteiger partial charge in [0.2, 0.25) is 5.91 Å². The van der Waals surface area contributed by atoms with E-state index >= 15 is 8.78 Å². The van der Waals surface area contributed by atoms with Gasteiger partial charge in [-0.25, -0.2) is 8.78 Å². The highest BCUT2D eigenvalue weighted by atomic mass is 19.1. The topological polar surface area (TPSA) is 76.2 Å². The van der Waals surface area contributed by atoms with Gasteiger partial charge in [0.1, 0.15) is 5.76 Å². The van der Waals surface area contributed by atoms with Gasteiger partial charge in [-0.1, -0.05) is 24.8 Å². The Kier molecular flexibility index (Phi) is 6.10. The molecule has 1 aromatic heterocycles. The van der Waals surface area contributed by atoms with Gasteiger partial charge in [0.15, 0.2) is 17.8 Å². The quantitative estimate of drug-likeness (QED) is 0.600. The minimum Gasteiger partial charge on any atom is -0.498 e. The predicted octanol–water partition coefficient (Wildman–Crippen LogP) is 5.02. The van der Waals surface area contributed by atoms with E-state index in [0.717, 1.165) is 22.5 Å². The summed E-state index contributed by atoms with van der Waals surface area (Å²) in [6.45, 7) is 5.08. The molecule has 0 aliphatic heterocycles. The molecule has 2 aromatic rings. The van der Waals surface area contributed by atoms with E-state index in [4.69, 9.17) is 9.47 Å². The van der Waals surface area contributed by atoms with E-state index in [1.54, 1.807) is 13.0 Å². The van der Waals surface area contributed by atoms with E-state index in [1.165, 1.54) is 26.4 Å². The summed E-state index contributed by atoms with van der Waals surface area (Å²) in [7, 11) is 2.73. The van der Waals surface area contributed by atoms with Crippen LogP contribution in [-0.2, 0) is 27.1 Å². The van der Waals surface area contributed by atoms with Crippen LogP contribution in [0.25, 0.3) is 11.3 Å². The molecule has 0 bridgehead atoms. The van der Waals surface area contributed by atoms with Crippen molar-refractivity contribution in [1.82, 2.24) is 10.2 Å². The lowest BCUT2D eigenvalue weighted by Gasteiger charge is -2.43. The number of aromatic nitrogens is 2. The summed E-state index contributed by atoms with van der Waals surface area (Å²) >= 11 is 0. The van der Waals surface area contributed by atoms with Crippen LogP contribution in [0, 0.1) is 11.3 Å². The number of benzene rings is 1. The highest BCUT2D eigenvalue weighted by Crippen LogP contribution is 2.52. The van der Waals surface area contributed by atoms with Crippen molar-refractivity contribution < 1.29 is 23.0 Å². The standard InChI is InChI=1S/C25H27F2N3O3/c1-5-21(31)28-17-9-7-6-8-15(17)22-16-11-10-14(12-18(16)29-30-22)25(2)23(26)19(32-3)13-20(33-4)24(25)27/h5-9,13-14,23H,1,10-12H2,2-4H3,(H,28,31)(H,29,30)/t14-,23?,25?/m1/s1. The fourth-order valence-corrected chi connectivity index (χ4v) is 4.86. The Bertz CT molecular complexity index is 1150. The fourth-order valence-electron chi connectivity index (χ4n) is 4.86. The van der Waals surface area contributed by atoms with Crippen molar-refractivity contribution in [2.24, 2.45) is 11.3 Å². The van der Waals surface area contributed by atoms with Crippen molar-refractivity contribution in [3.8, 4) is 11.3 Å². The summed E-state index contributed by atoms with van der Waals surface area (Å²) in [6.07, 6.45) is 2.41. The molecule has 4 rings (SSSR count). The number of allylic oxidation sites excluding steroid dienone is 3. The van der Waals surface area contributed by atoms with Gasteiger partial charge in [0.25, 0.3) is 0 Å². The summed E-state index contributed by atoms with van der Waals surface area (Å²) in [6, 6.07) is 7.37. The number of anilines is 1. The number of H-pyrrole nitrogens is 1. The second kappa shape index (κ2) is 8.84. The molecule has 3 atom stereocenters. The molecular formula is C25H27F2N3O3. The molecule has 8 heteroatoms. The molecule has 0 radical (unpaired) electrons. The minimum absolute atomic E-state index is 0.00812. The minimum atomic E-state index is -1.63. The van der Waals surface area contributed by atoms with Crippen molar-refractivity contribution >= 4 is 11.6 Å². The highest BCUT2D eigenvalue weighted by molar-refractivity contribution is 6.01. The molecule has 6 nitrogen and oxygen atoms in total. The molecule has 2 aliphatic rings. The van der Waals surface area contributed by atoms with Gasteiger partial charge in [0.05, 0.1) is 31.0 Å². The van der Waals surface area contributed by atoms with Gasteiger partial charge in [-0.15, -0.1) is 0 Å². The van der Waals surface area contributed by atoms with Crippen LogP contribution in [0.15, 0.2) is 60.3 Å². The monoisotopic (exact) mass is 455 g/mol. The third-order valence-electron chi connectivity index (χ3n) is 6.81. The Hall–Kier alpha value is -3.42. The molecule has 1 amide bonds. The predicted molar refractivity (Wildman–Crippen MR) is 122 cm³/mol. The Morgan fingerprint density at radius 3 is 2.79 bits per heavy atom. The molecule has 174 valence electrons. The number of alkyl halides is 1. The van der Waals surface area contributed by atoms with E-state index in [-0.39, 0.29) is 23.3 Å². The summed E-state index contributed by atoms with van der Waals surface area (Å²) in [5, 5.41) is 10.4. The lowest BCUT2D eigenvalue weighted by molar-refractivity contribution is -0.111. The first-order valence-corrected chi connectivity index (χ1v) is 10.8. The van der Waals surface area contributed by atoms with Gasteiger partial charge in [-0.2, -0.15) is 5.10 Å². The van der Waals surface area contributed by atoms with Crippen LogP contribution in [-0.4, -0.2) is 36.5 Å². The number of ether oxygens (including phenoxy) is 2. The number of halogens is 2. The Labute approximate surface area is 191 Å². The van der Waals surface area contributed by atoms with E-state index in [2.05, 4.69) is 22.1 Å². The van der Waals surface area contributed by atoms with Crippen LogP contribution in [0.3, 0.4) is 0 Å². The SMILES string of the molecule is C=CC(=O)Nc1ccccc1-c1n[nH]c2c1CC[C@@H](C1(C)C(F)=C(OC)C=C(OC)C1F)C2. The molecule has 0 spiro atoms. The van der Waals surface area contributed by atoms with Crippen LogP contribution in [0.1, 0.15) is 24.6 Å². The number of nitrogens with one attached hydrogen (secondary N) is 2. The largest absolute Gasteiger partial charge is 0.498 e. The van der Waals surface area contributed by atoms with Crippen LogP contribution >= 0.6 is 0 Å². The molecule has 33 heavy (non-hydrogen) atoms. The van der Waals surface area contributed by atoms with Crippen LogP contribution < -0.4 is 5.32 Å². The zero-order valence-electron chi connectivity index (χ0n) is 18.9. The maximum Gasteiger partial charge on any atom is 0.247 e. The average molecular weight is 456 g/mol. The van der Waals surface area contributed by atoms with Gasteiger partial charge in [-0.05, 0) is 44.2 Å². The second-order valence-electron chi connectivity index (χ2n) is 8.49. The molecule has 2 unspecified atom stereocenters. The summed E-state index contributed by atoms with van der Waals surface area (Å²) < 4.78 is 41.3. The van der Waals surface area contributed by atoms with E-state index < -0.39 is 17.4 Å². The van der Waals surface area contributed by atoms with Gasteiger partial charge in [0, 0.05) is 22.9 Å². The van der Waals surface area contributed by atoms with Gasteiger partial charge >= 0.3 is 0 Å². The number of carbonyl (C=O) groups is 1. The fraction of sp³-hybridized carbons (Fsp3) is 0.360. The third-order valence-corrected chi connectivity index (χ3v) is 6.81. The average Bonchev–Trinajstić information content (AvgIpc) is 3.26. The number of nitrogens with zero attached hydrogens (tertiary/aromatic N) is 1. The Balaban J connectivity index is 1.68. The molecule has 2 aliphatic carbocycles. The van der Waals surface area contributed by atoms with Gasteiger partial charge in [-0.3, -0.25) is 9.89 Å². The van der Waals surface area contributed by atoms with Crippen molar-refractivity contribution in [2.45, 2.75) is 32.4 Å².